The third-order valence-corrected chi connectivity index (χ3v) is 4.07. The van der Waals surface area contributed by atoms with Gasteiger partial charge >= 0.3 is 0 Å². The number of carbonyl (C=O) groups is 1. The molecule has 130 valence electrons. The molecule has 1 N–H and O–H groups in total. The van der Waals surface area contributed by atoms with Gasteiger partial charge in [0, 0.05) is 24.4 Å². The van der Waals surface area contributed by atoms with E-state index in [1.54, 1.807) is 40.0 Å². The maximum Gasteiger partial charge on any atom is 0.256 e. The second-order valence-electron chi connectivity index (χ2n) is 5.76. The van der Waals surface area contributed by atoms with Crippen molar-refractivity contribution < 1.29 is 4.79 Å². The van der Waals surface area contributed by atoms with Gasteiger partial charge in [-0.3, -0.25) is 9.78 Å². The highest BCUT2D eigenvalue weighted by Gasteiger charge is 2.12. The molecule has 0 fully saturated rings. The molecule has 0 spiro atoms. The van der Waals surface area contributed by atoms with E-state index in [0.717, 1.165) is 17.8 Å². The maximum atomic E-state index is 12.6. The normalized spacial score (nSPS) is 11.0. The summed E-state index contributed by atoms with van der Waals surface area (Å²) in [5.74, 6) is 0.388. The minimum absolute atomic E-state index is 0.222. The molecule has 0 saturated carbocycles. The fraction of sp³-hybridized carbons (Fsp3) is 0.167. The van der Waals surface area contributed by atoms with E-state index in [9.17, 15) is 4.79 Å². The third kappa shape index (κ3) is 3.04. The highest BCUT2D eigenvalue weighted by Crippen LogP contribution is 2.16. The summed E-state index contributed by atoms with van der Waals surface area (Å²) in [7, 11) is 0. The molecule has 4 rings (SSSR count). The highest BCUT2D eigenvalue weighted by atomic mass is 16.1. The number of aryl methyl sites for hydroxylation is 1. The van der Waals surface area contributed by atoms with Crippen LogP contribution in [-0.2, 0) is 13.1 Å². The first kappa shape index (κ1) is 15.9. The number of benzene rings is 1. The standard InChI is InChI=1S/C18H17N7O/c1-2-24-16-7-6-13(11-15(16)22-23-24)18(26)21-17-8-10-20-25(17)12-14-5-3-4-9-19-14/h3-11H,2,12H2,1H3,(H,21,26). The smallest absolute Gasteiger partial charge is 0.256 e. The zero-order valence-corrected chi connectivity index (χ0v) is 14.2. The Morgan fingerprint density at radius 3 is 2.85 bits per heavy atom. The van der Waals surface area contributed by atoms with E-state index in [1.807, 2.05) is 31.2 Å². The van der Waals surface area contributed by atoms with Gasteiger partial charge in [0.2, 0.25) is 0 Å². The zero-order chi connectivity index (χ0) is 17.9. The number of hydrogen-bond acceptors (Lipinski definition) is 5. The topological polar surface area (TPSA) is 90.5 Å². The number of amides is 1. The lowest BCUT2D eigenvalue weighted by Crippen LogP contribution is -2.16. The highest BCUT2D eigenvalue weighted by molar-refractivity contribution is 6.05. The van der Waals surface area contributed by atoms with Crippen molar-refractivity contribution in [2.45, 2.75) is 20.0 Å². The van der Waals surface area contributed by atoms with Crippen molar-refractivity contribution in [1.29, 1.82) is 0 Å². The van der Waals surface area contributed by atoms with Gasteiger partial charge < -0.3 is 5.32 Å². The van der Waals surface area contributed by atoms with Crippen LogP contribution in [0.5, 0.6) is 0 Å². The summed E-state index contributed by atoms with van der Waals surface area (Å²) in [5, 5.41) is 15.3. The molecule has 4 aromatic rings. The largest absolute Gasteiger partial charge is 0.307 e. The summed E-state index contributed by atoms with van der Waals surface area (Å²) in [6, 6.07) is 12.8. The Morgan fingerprint density at radius 1 is 1.12 bits per heavy atom. The molecule has 1 aromatic carbocycles. The fourth-order valence-corrected chi connectivity index (χ4v) is 2.75. The van der Waals surface area contributed by atoms with Gasteiger partial charge in [-0.1, -0.05) is 11.3 Å². The van der Waals surface area contributed by atoms with Gasteiger partial charge in [0.05, 0.1) is 24.0 Å². The van der Waals surface area contributed by atoms with E-state index in [1.165, 1.54) is 0 Å². The van der Waals surface area contributed by atoms with E-state index < -0.39 is 0 Å². The number of carbonyl (C=O) groups excluding carboxylic acids is 1. The summed E-state index contributed by atoms with van der Waals surface area (Å²) in [6.07, 6.45) is 3.38. The second-order valence-corrected chi connectivity index (χ2v) is 5.76. The summed E-state index contributed by atoms with van der Waals surface area (Å²) >= 11 is 0. The predicted molar refractivity (Wildman–Crippen MR) is 96.7 cm³/mol. The number of anilines is 1. The number of nitrogens with zero attached hydrogens (tertiary/aromatic N) is 6. The lowest BCUT2D eigenvalue weighted by molar-refractivity contribution is 0.102. The average molecular weight is 347 g/mol. The molecule has 1 amide bonds. The van der Waals surface area contributed by atoms with Crippen molar-refractivity contribution in [1.82, 2.24) is 29.8 Å². The molecule has 0 radical (unpaired) electrons. The first-order valence-electron chi connectivity index (χ1n) is 8.31. The zero-order valence-electron chi connectivity index (χ0n) is 14.2. The SMILES string of the molecule is CCn1nnc2cc(C(=O)Nc3ccnn3Cc3ccccn3)ccc21. The number of nitrogens with one attached hydrogen (secondary N) is 1. The van der Waals surface area contributed by atoms with Crippen LogP contribution in [0.3, 0.4) is 0 Å². The van der Waals surface area contributed by atoms with Gasteiger partial charge in [0.15, 0.2) is 0 Å². The van der Waals surface area contributed by atoms with Crippen LogP contribution in [-0.4, -0.2) is 35.7 Å². The Morgan fingerprint density at radius 2 is 2.04 bits per heavy atom. The van der Waals surface area contributed by atoms with Crippen LogP contribution in [0.15, 0.2) is 54.9 Å². The third-order valence-electron chi connectivity index (χ3n) is 4.07. The minimum Gasteiger partial charge on any atom is -0.307 e. The van der Waals surface area contributed by atoms with Crippen molar-refractivity contribution in [3.63, 3.8) is 0 Å². The van der Waals surface area contributed by atoms with Crippen LogP contribution < -0.4 is 5.32 Å². The summed E-state index contributed by atoms with van der Waals surface area (Å²) in [4.78, 5) is 16.9. The Labute approximate surface area is 149 Å². The Hall–Kier alpha value is -3.55. The monoisotopic (exact) mass is 347 g/mol. The molecule has 0 saturated heterocycles. The predicted octanol–water partition coefficient (Wildman–Crippen LogP) is 2.34. The van der Waals surface area contributed by atoms with Gasteiger partial charge in [-0.15, -0.1) is 5.10 Å². The van der Waals surface area contributed by atoms with E-state index >= 15 is 0 Å². The molecule has 0 atom stereocenters. The molecule has 3 aromatic heterocycles. The van der Waals surface area contributed by atoms with Crippen molar-refractivity contribution in [2.24, 2.45) is 0 Å². The number of rotatable bonds is 5. The summed E-state index contributed by atoms with van der Waals surface area (Å²) < 4.78 is 3.49. The van der Waals surface area contributed by atoms with Gasteiger partial charge in [-0.05, 0) is 37.3 Å². The second kappa shape index (κ2) is 6.75. The van der Waals surface area contributed by atoms with Crippen LogP contribution in [0.2, 0.25) is 0 Å². The van der Waals surface area contributed by atoms with Crippen LogP contribution in [0.4, 0.5) is 5.82 Å². The molecule has 0 bridgehead atoms. The molecule has 26 heavy (non-hydrogen) atoms. The Balaban J connectivity index is 1.54. The van der Waals surface area contributed by atoms with Crippen LogP contribution in [0, 0.1) is 0 Å². The minimum atomic E-state index is -0.222. The molecule has 3 heterocycles. The number of aromatic nitrogens is 6. The van der Waals surface area contributed by atoms with E-state index in [2.05, 4.69) is 25.7 Å². The number of fused-ring (bicyclic) bond motifs is 1. The van der Waals surface area contributed by atoms with Crippen molar-refractivity contribution in [3.8, 4) is 0 Å². The van der Waals surface area contributed by atoms with Crippen LogP contribution in [0.25, 0.3) is 11.0 Å². The van der Waals surface area contributed by atoms with Gasteiger partial charge in [-0.2, -0.15) is 5.10 Å². The van der Waals surface area contributed by atoms with Gasteiger partial charge in [0.1, 0.15) is 11.3 Å². The molecule has 0 aliphatic rings. The molecular weight excluding hydrogens is 330 g/mol. The number of hydrogen-bond donors (Lipinski definition) is 1. The first-order valence-corrected chi connectivity index (χ1v) is 8.31. The lowest BCUT2D eigenvalue weighted by Gasteiger charge is -2.09. The number of pyridine rings is 1. The maximum absolute atomic E-state index is 12.6. The molecular formula is C18H17N7O. The first-order chi connectivity index (χ1) is 12.7. The van der Waals surface area contributed by atoms with Gasteiger partial charge in [-0.25, -0.2) is 9.36 Å². The van der Waals surface area contributed by atoms with Crippen molar-refractivity contribution >= 4 is 22.8 Å². The van der Waals surface area contributed by atoms with Crippen LogP contribution in [0.1, 0.15) is 23.0 Å². The average Bonchev–Trinajstić information content (AvgIpc) is 3.28. The molecule has 0 aliphatic heterocycles. The van der Waals surface area contributed by atoms with Crippen molar-refractivity contribution in [3.05, 3.63) is 66.1 Å². The van der Waals surface area contributed by atoms with E-state index in [0.29, 0.717) is 23.4 Å². The summed E-state index contributed by atoms with van der Waals surface area (Å²) in [6.45, 7) is 3.21. The molecule has 8 nitrogen and oxygen atoms in total. The fourth-order valence-electron chi connectivity index (χ4n) is 2.75. The van der Waals surface area contributed by atoms with Crippen molar-refractivity contribution in [2.75, 3.05) is 5.32 Å². The summed E-state index contributed by atoms with van der Waals surface area (Å²) in [5.41, 5.74) is 2.99. The quantitative estimate of drug-likeness (QED) is 0.598. The molecule has 0 unspecified atom stereocenters. The van der Waals surface area contributed by atoms with E-state index in [-0.39, 0.29) is 5.91 Å². The van der Waals surface area contributed by atoms with Crippen LogP contribution >= 0.6 is 0 Å². The molecule has 8 heteroatoms. The Bertz CT molecular complexity index is 1050. The van der Waals surface area contributed by atoms with E-state index in [4.69, 9.17) is 0 Å². The lowest BCUT2D eigenvalue weighted by atomic mass is 10.2. The van der Waals surface area contributed by atoms with Gasteiger partial charge in [0.25, 0.3) is 5.91 Å². The molecule has 0 aliphatic carbocycles. The Kier molecular flexibility index (Phi) is 4.14.